The number of aromatic amines is 1. The van der Waals surface area contributed by atoms with Gasteiger partial charge >= 0.3 is 0 Å². The fourth-order valence-corrected chi connectivity index (χ4v) is 4.05. The second-order valence-electron chi connectivity index (χ2n) is 5.89. The van der Waals surface area contributed by atoms with E-state index in [0.717, 1.165) is 28.6 Å². The average molecular weight is 341 g/mol. The second-order valence-corrected chi connectivity index (χ2v) is 7.02. The van der Waals surface area contributed by atoms with E-state index in [0.29, 0.717) is 13.0 Å². The molecule has 0 atom stereocenters. The number of fused-ring (bicyclic) bond motifs is 2. The van der Waals surface area contributed by atoms with Gasteiger partial charge in [0.2, 0.25) is 5.91 Å². The van der Waals surface area contributed by atoms with Crippen LogP contribution >= 0.6 is 11.9 Å². The fourth-order valence-electron chi connectivity index (χ4n) is 3.02. The number of amides is 1. The first kappa shape index (κ1) is 15.2. The molecule has 3 N–H and O–H groups in total. The topological polar surface area (TPSA) is 62.1 Å². The van der Waals surface area contributed by atoms with E-state index in [-0.39, 0.29) is 11.7 Å². The lowest BCUT2D eigenvalue weighted by molar-refractivity contribution is -0.118. The fraction of sp³-hybridized carbons (Fsp3) is 0.167. The van der Waals surface area contributed by atoms with Gasteiger partial charge in [-0.15, -0.1) is 0 Å². The van der Waals surface area contributed by atoms with E-state index in [2.05, 4.69) is 27.5 Å². The van der Waals surface area contributed by atoms with Crippen molar-refractivity contribution >= 4 is 28.8 Å². The van der Waals surface area contributed by atoms with Crippen molar-refractivity contribution in [2.75, 3.05) is 6.54 Å². The highest BCUT2D eigenvalue weighted by Gasteiger charge is 2.21. The van der Waals surface area contributed by atoms with Crippen molar-refractivity contribution < 1.29 is 9.18 Å². The molecule has 1 amide bonds. The Balaban J connectivity index is 1.63. The van der Waals surface area contributed by atoms with Crippen molar-refractivity contribution in [2.24, 2.45) is 5.73 Å². The molecule has 1 aliphatic heterocycles. The normalized spacial score (nSPS) is 14.2. The van der Waals surface area contributed by atoms with Gasteiger partial charge in [-0.3, -0.25) is 4.79 Å². The summed E-state index contributed by atoms with van der Waals surface area (Å²) in [5.74, 6) is -0.524. The second kappa shape index (κ2) is 5.96. The van der Waals surface area contributed by atoms with E-state index < -0.39 is 0 Å². The number of nitrogens with one attached hydrogen (secondary N) is 1. The number of nitrogens with two attached hydrogens (primary N) is 1. The van der Waals surface area contributed by atoms with E-state index in [1.54, 1.807) is 18.0 Å². The summed E-state index contributed by atoms with van der Waals surface area (Å²) in [5.41, 5.74) is 9.42. The van der Waals surface area contributed by atoms with Gasteiger partial charge in [0, 0.05) is 47.1 Å². The third kappa shape index (κ3) is 2.79. The number of carbonyl (C=O) groups is 1. The van der Waals surface area contributed by atoms with Crippen LogP contribution in [-0.4, -0.2) is 21.7 Å². The summed E-state index contributed by atoms with van der Waals surface area (Å²) in [6, 6.07) is 11.1. The first-order valence-corrected chi connectivity index (χ1v) is 8.48. The van der Waals surface area contributed by atoms with Gasteiger partial charge in [-0.05, 0) is 53.4 Å². The van der Waals surface area contributed by atoms with Gasteiger partial charge in [-0.2, -0.15) is 0 Å². The zero-order valence-corrected chi connectivity index (χ0v) is 13.7. The van der Waals surface area contributed by atoms with Crippen LogP contribution in [0.5, 0.6) is 0 Å². The molecule has 0 aliphatic carbocycles. The van der Waals surface area contributed by atoms with Crippen molar-refractivity contribution in [1.29, 1.82) is 0 Å². The number of benzene rings is 2. The molecule has 24 heavy (non-hydrogen) atoms. The molecule has 0 saturated heterocycles. The summed E-state index contributed by atoms with van der Waals surface area (Å²) in [6.45, 7) is 1.44. The number of carbonyl (C=O) groups excluding carboxylic acids is 1. The maximum Gasteiger partial charge on any atom is 0.218 e. The van der Waals surface area contributed by atoms with Crippen LogP contribution in [0, 0.1) is 5.82 Å². The quantitative estimate of drug-likeness (QED) is 0.712. The number of primary amides is 1. The lowest BCUT2D eigenvalue weighted by Crippen LogP contribution is -2.19. The third-order valence-corrected chi connectivity index (χ3v) is 5.36. The molecule has 0 unspecified atom stereocenters. The van der Waals surface area contributed by atoms with Gasteiger partial charge in [0.05, 0.1) is 0 Å². The maximum atomic E-state index is 13.3. The monoisotopic (exact) mass is 341 g/mol. The van der Waals surface area contributed by atoms with Crippen LogP contribution in [0.4, 0.5) is 4.39 Å². The van der Waals surface area contributed by atoms with Crippen molar-refractivity contribution in [1.82, 2.24) is 9.29 Å². The van der Waals surface area contributed by atoms with Gasteiger partial charge in [0.1, 0.15) is 5.82 Å². The smallest absolute Gasteiger partial charge is 0.218 e. The van der Waals surface area contributed by atoms with E-state index in [4.69, 9.17) is 5.73 Å². The lowest BCUT2D eigenvalue weighted by atomic mass is 10.0. The van der Waals surface area contributed by atoms with Crippen LogP contribution in [0.1, 0.15) is 12.0 Å². The Morgan fingerprint density at radius 2 is 2.17 bits per heavy atom. The zero-order valence-electron chi connectivity index (χ0n) is 12.9. The summed E-state index contributed by atoms with van der Waals surface area (Å²) < 4.78 is 15.5. The molecule has 0 spiro atoms. The minimum absolute atomic E-state index is 0.244. The highest BCUT2D eigenvalue weighted by molar-refractivity contribution is 7.97. The van der Waals surface area contributed by atoms with Gasteiger partial charge in [0.25, 0.3) is 0 Å². The maximum absolute atomic E-state index is 13.3. The van der Waals surface area contributed by atoms with Crippen LogP contribution in [-0.2, 0) is 11.3 Å². The molecule has 0 bridgehead atoms. The van der Waals surface area contributed by atoms with Crippen LogP contribution in [0.3, 0.4) is 0 Å². The van der Waals surface area contributed by atoms with Crippen LogP contribution in [0.2, 0.25) is 0 Å². The predicted octanol–water partition coefficient (Wildman–Crippen LogP) is 3.67. The van der Waals surface area contributed by atoms with Crippen molar-refractivity contribution in [3.8, 4) is 11.1 Å². The van der Waals surface area contributed by atoms with E-state index in [1.165, 1.54) is 22.6 Å². The van der Waals surface area contributed by atoms with Gasteiger partial charge in [-0.25, -0.2) is 8.70 Å². The number of aromatic nitrogens is 1. The Bertz CT molecular complexity index is 937. The van der Waals surface area contributed by atoms with Gasteiger partial charge in [-0.1, -0.05) is 6.07 Å². The van der Waals surface area contributed by atoms with Crippen LogP contribution < -0.4 is 5.73 Å². The number of hydrogen-bond donors (Lipinski definition) is 2. The Morgan fingerprint density at radius 3 is 3.00 bits per heavy atom. The molecule has 2 aromatic carbocycles. The van der Waals surface area contributed by atoms with E-state index in [9.17, 15) is 9.18 Å². The summed E-state index contributed by atoms with van der Waals surface area (Å²) in [5, 5.41) is 1.01. The van der Waals surface area contributed by atoms with E-state index in [1.807, 2.05) is 6.20 Å². The molecule has 0 saturated carbocycles. The minimum Gasteiger partial charge on any atom is -0.370 e. The lowest BCUT2D eigenvalue weighted by Gasteiger charge is -2.10. The molecule has 4 nitrogen and oxygen atoms in total. The van der Waals surface area contributed by atoms with Gasteiger partial charge in [0.15, 0.2) is 0 Å². The molecule has 2 heterocycles. The molecule has 1 aliphatic rings. The van der Waals surface area contributed by atoms with Gasteiger partial charge < -0.3 is 10.7 Å². The number of H-pyrrole nitrogens is 1. The van der Waals surface area contributed by atoms with E-state index >= 15 is 0 Å². The van der Waals surface area contributed by atoms with Crippen LogP contribution in [0.25, 0.3) is 22.0 Å². The van der Waals surface area contributed by atoms with Crippen molar-refractivity contribution in [3.63, 3.8) is 0 Å². The average Bonchev–Trinajstić information content (AvgIpc) is 3.14. The predicted molar refractivity (Wildman–Crippen MR) is 93.8 cm³/mol. The SMILES string of the molecule is NC(=O)CCN1Cc2cc(-c3c[nH]c4cc(F)ccc34)ccc2S1. The highest BCUT2D eigenvalue weighted by atomic mass is 32.2. The molecular weight excluding hydrogens is 325 g/mol. The molecule has 122 valence electrons. The zero-order chi connectivity index (χ0) is 16.7. The highest BCUT2D eigenvalue weighted by Crippen LogP contribution is 2.39. The summed E-state index contributed by atoms with van der Waals surface area (Å²) in [6.07, 6.45) is 2.28. The largest absolute Gasteiger partial charge is 0.370 e. The number of rotatable bonds is 4. The Hall–Kier alpha value is -2.31. The Kier molecular flexibility index (Phi) is 3.78. The Morgan fingerprint density at radius 1 is 1.29 bits per heavy atom. The first-order chi connectivity index (χ1) is 11.6. The molecule has 3 aromatic rings. The summed E-state index contributed by atoms with van der Waals surface area (Å²) >= 11 is 1.66. The summed E-state index contributed by atoms with van der Waals surface area (Å²) in [7, 11) is 0. The molecule has 6 heteroatoms. The van der Waals surface area contributed by atoms with Crippen LogP contribution in [0.15, 0.2) is 47.5 Å². The summed E-state index contributed by atoms with van der Waals surface area (Å²) in [4.78, 5) is 15.3. The number of halogens is 1. The molecule has 0 radical (unpaired) electrons. The number of nitrogens with zero attached hydrogens (tertiary/aromatic N) is 1. The van der Waals surface area contributed by atoms with Crippen molar-refractivity contribution in [2.45, 2.75) is 17.9 Å². The standard InChI is InChI=1S/C18H16FN3OS/c19-13-2-3-14-15(9-21-16(14)8-13)11-1-4-17-12(7-11)10-22(24-17)6-5-18(20)23/h1-4,7-9,21H,5-6,10H2,(H2,20,23). The molecule has 0 fully saturated rings. The molecule has 4 rings (SSSR count). The molecular formula is C18H16FN3OS. The first-order valence-electron chi connectivity index (χ1n) is 7.71. The van der Waals surface area contributed by atoms with Crippen molar-refractivity contribution in [3.05, 3.63) is 54.0 Å². The molecule has 1 aromatic heterocycles. The third-order valence-electron chi connectivity index (χ3n) is 4.20. The number of hydrogen-bond acceptors (Lipinski definition) is 3. The Labute approximate surface area is 143 Å². The minimum atomic E-state index is -0.279.